The van der Waals surface area contributed by atoms with E-state index in [-0.39, 0.29) is 10.9 Å². The summed E-state index contributed by atoms with van der Waals surface area (Å²) in [5.74, 6) is 2.78. The zero-order valence-corrected chi connectivity index (χ0v) is 11.8. The molecule has 104 valence electrons. The lowest BCUT2D eigenvalue weighted by Gasteiger charge is -2.15. The van der Waals surface area contributed by atoms with E-state index >= 15 is 0 Å². The Morgan fingerprint density at radius 1 is 1.53 bits per heavy atom. The van der Waals surface area contributed by atoms with Gasteiger partial charge < -0.3 is 10.5 Å². The van der Waals surface area contributed by atoms with Crippen molar-refractivity contribution in [2.75, 3.05) is 12.8 Å². The molecule has 0 aromatic heterocycles. The molecule has 0 heterocycles. The lowest BCUT2D eigenvalue weighted by molar-refractivity contribution is 0.415. The fourth-order valence-corrected chi connectivity index (χ4v) is 2.89. The smallest absolute Gasteiger partial charge is 0.240 e. The molecule has 0 spiro atoms. The van der Waals surface area contributed by atoms with E-state index in [0.29, 0.717) is 24.3 Å². The molecule has 6 heteroatoms. The summed E-state index contributed by atoms with van der Waals surface area (Å²) in [7, 11) is -2.19. The molecule has 0 saturated heterocycles. The van der Waals surface area contributed by atoms with E-state index in [1.807, 2.05) is 6.92 Å². The summed E-state index contributed by atoms with van der Waals surface area (Å²) < 4.78 is 31.9. The van der Waals surface area contributed by atoms with Gasteiger partial charge in [0.25, 0.3) is 0 Å². The Balaban J connectivity index is 3.03. The highest BCUT2D eigenvalue weighted by molar-refractivity contribution is 7.89. The van der Waals surface area contributed by atoms with Crippen molar-refractivity contribution < 1.29 is 13.2 Å². The minimum Gasteiger partial charge on any atom is -0.495 e. The number of rotatable bonds is 6. The Kier molecular flexibility index (Phi) is 5.21. The minimum absolute atomic E-state index is 0.106. The van der Waals surface area contributed by atoms with Gasteiger partial charge >= 0.3 is 0 Å². The Morgan fingerprint density at radius 3 is 2.74 bits per heavy atom. The highest BCUT2D eigenvalue weighted by atomic mass is 32.2. The predicted octanol–water partition coefficient (Wildman–Crippen LogP) is 1.36. The summed E-state index contributed by atoms with van der Waals surface area (Å²) in [4.78, 5) is 0.106. The van der Waals surface area contributed by atoms with Crippen LogP contribution in [0.25, 0.3) is 0 Å². The maximum atomic E-state index is 12.2. The number of nitrogens with one attached hydrogen (secondary N) is 1. The minimum atomic E-state index is -3.62. The van der Waals surface area contributed by atoms with Gasteiger partial charge in [0.05, 0.1) is 17.7 Å². The number of hydrogen-bond donors (Lipinski definition) is 2. The number of nitrogens with two attached hydrogens (primary N) is 1. The van der Waals surface area contributed by atoms with Crippen molar-refractivity contribution in [3.8, 4) is 18.1 Å². The highest BCUT2D eigenvalue weighted by Gasteiger charge is 2.19. The Morgan fingerprint density at radius 2 is 2.21 bits per heavy atom. The summed E-state index contributed by atoms with van der Waals surface area (Å²) in [6, 6.07) is 4.04. The van der Waals surface area contributed by atoms with E-state index in [9.17, 15) is 8.42 Å². The quantitative estimate of drug-likeness (QED) is 0.609. The predicted molar refractivity (Wildman–Crippen MR) is 75.3 cm³/mol. The van der Waals surface area contributed by atoms with Crippen molar-refractivity contribution in [2.24, 2.45) is 0 Å². The van der Waals surface area contributed by atoms with Crippen LogP contribution < -0.4 is 15.2 Å². The molecule has 1 rings (SSSR count). The van der Waals surface area contributed by atoms with Crippen molar-refractivity contribution in [3.63, 3.8) is 0 Å². The van der Waals surface area contributed by atoms with Gasteiger partial charge in [-0.3, -0.25) is 0 Å². The number of terminal acetylenes is 1. The molecular weight excluding hydrogens is 264 g/mol. The molecule has 1 atom stereocenters. The monoisotopic (exact) mass is 282 g/mol. The average Bonchev–Trinajstić information content (AvgIpc) is 2.38. The summed E-state index contributed by atoms with van der Waals surface area (Å²) in [5.41, 5.74) is 6.04. The molecule has 0 amide bonds. The fourth-order valence-electron chi connectivity index (χ4n) is 1.56. The zero-order chi connectivity index (χ0) is 14.5. The van der Waals surface area contributed by atoms with Gasteiger partial charge in [0.15, 0.2) is 0 Å². The molecule has 0 fully saturated rings. The van der Waals surface area contributed by atoms with Crippen LogP contribution >= 0.6 is 0 Å². The Bertz CT molecular complexity index is 576. The first-order valence-electron chi connectivity index (χ1n) is 5.84. The first-order chi connectivity index (χ1) is 8.94. The van der Waals surface area contributed by atoms with Gasteiger partial charge in [0.2, 0.25) is 10.0 Å². The topological polar surface area (TPSA) is 81.4 Å². The zero-order valence-electron chi connectivity index (χ0n) is 11.0. The van der Waals surface area contributed by atoms with Crippen LogP contribution in [-0.4, -0.2) is 21.6 Å². The molecule has 1 unspecified atom stereocenters. The maximum Gasteiger partial charge on any atom is 0.240 e. The molecule has 3 N–H and O–H groups in total. The van der Waals surface area contributed by atoms with Crippen LogP contribution in [0.2, 0.25) is 0 Å². The second-order valence-corrected chi connectivity index (χ2v) is 5.75. The number of benzene rings is 1. The van der Waals surface area contributed by atoms with Crippen LogP contribution in [0.3, 0.4) is 0 Å². The number of hydrogen-bond acceptors (Lipinski definition) is 4. The van der Waals surface area contributed by atoms with E-state index in [1.54, 1.807) is 0 Å². The second-order valence-electron chi connectivity index (χ2n) is 4.04. The highest BCUT2D eigenvalue weighted by Crippen LogP contribution is 2.24. The van der Waals surface area contributed by atoms with Gasteiger partial charge in [-0.05, 0) is 18.6 Å². The molecule has 5 nitrogen and oxygen atoms in total. The fraction of sp³-hybridized carbons (Fsp3) is 0.385. The van der Waals surface area contributed by atoms with Gasteiger partial charge in [0.1, 0.15) is 5.75 Å². The van der Waals surface area contributed by atoms with E-state index < -0.39 is 10.0 Å². The van der Waals surface area contributed by atoms with Crippen molar-refractivity contribution in [1.82, 2.24) is 4.72 Å². The lowest BCUT2D eigenvalue weighted by atomic mass is 10.2. The van der Waals surface area contributed by atoms with Crippen molar-refractivity contribution in [1.29, 1.82) is 0 Å². The first-order valence-corrected chi connectivity index (χ1v) is 7.32. The van der Waals surface area contributed by atoms with Crippen molar-refractivity contribution in [2.45, 2.75) is 30.7 Å². The van der Waals surface area contributed by atoms with Crippen molar-refractivity contribution >= 4 is 15.7 Å². The molecule has 0 bridgehead atoms. The number of anilines is 1. The molecule has 0 aliphatic rings. The Labute approximate surface area is 114 Å². The number of nitrogen functional groups attached to an aromatic ring is 1. The van der Waals surface area contributed by atoms with Crippen LogP contribution in [0.5, 0.6) is 5.75 Å². The van der Waals surface area contributed by atoms with E-state index in [0.717, 1.165) is 0 Å². The van der Waals surface area contributed by atoms with Gasteiger partial charge in [-0.2, -0.15) is 0 Å². The molecule has 19 heavy (non-hydrogen) atoms. The second kappa shape index (κ2) is 6.45. The van der Waals surface area contributed by atoms with Gasteiger partial charge in [0, 0.05) is 18.5 Å². The van der Waals surface area contributed by atoms with Crippen LogP contribution in [0.1, 0.15) is 19.8 Å². The van der Waals surface area contributed by atoms with E-state index in [2.05, 4.69) is 10.6 Å². The van der Waals surface area contributed by atoms with Crippen LogP contribution in [0.15, 0.2) is 23.1 Å². The standard InChI is InChI=1S/C13H18N2O3S/c1-4-6-10(5-2)15-19(16,17)11-7-8-12(14)13(9-11)18-3/h1,7-10,15H,5-6,14H2,2-3H3. The first kappa shape index (κ1) is 15.3. The van der Waals surface area contributed by atoms with Crippen LogP contribution in [0.4, 0.5) is 5.69 Å². The summed E-state index contributed by atoms with van der Waals surface area (Å²) >= 11 is 0. The molecule has 0 aliphatic carbocycles. The third kappa shape index (κ3) is 3.88. The SMILES string of the molecule is C#CCC(CC)NS(=O)(=O)c1ccc(N)c(OC)c1. The normalized spacial score (nSPS) is 12.7. The molecular formula is C13H18N2O3S. The summed E-state index contributed by atoms with van der Waals surface area (Å²) in [5, 5.41) is 0. The van der Waals surface area contributed by atoms with Gasteiger partial charge in [-0.25, -0.2) is 13.1 Å². The Hall–Kier alpha value is -1.71. The lowest BCUT2D eigenvalue weighted by Crippen LogP contribution is -2.34. The molecule has 1 aromatic carbocycles. The largest absolute Gasteiger partial charge is 0.495 e. The average molecular weight is 282 g/mol. The van der Waals surface area contributed by atoms with Crippen molar-refractivity contribution in [3.05, 3.63) is 18.2 Å². The number of sulfonamides is 1. The van der Waals surface area contributed by atoms with Gasteiger partial charge in [-0.15, -0.1) is 12.3 Å². The molecule has 0 radical (unpaired) electrons. The third-order valence-electron chi connectivity index (χ3n) is 2.69. The number of ether oxygens (including phenoxy) is 1. The number of methoxy groups -OCH3 is 1. The van der Waals surface area contributed by atoms with E-state index in [1.165, 1.54) is 25.3 Å². The van der Waals surface area contributed by atoms with Crippen LogP contribution in [0, 0.1) is 12.3 Å². The van der Waals surface area contributed by atoms with Gasteiger partial charge in [-0.1, -0.05) is 6.92 Å². The molecule has 1 aromatic rings. The van der Waals surface area contributed by atoms with E-state index in [4.69, 9.17) is 16.9 Å². The molecule has 0 saturated carbocycles. The molecule has 0 aliphatic heterocycles. The van der Waals surface area contributed by atoms with Crippen LogP contribution in [-0.2, 0) is 10.0 Å². The third-order valence-corrected chi connectivity index (χ3v) is 4.21. The summed E-state index contributed by atoms with van der Waals surface area (Å²) in [6.07, 6.45) is 6.18. The summed E-state index contributed by atoms with van der Waals surface area (Å²) in [6.45, 7) is 1.87. The maximum absolute atomic E-state index is 12.2.